The molecule has 0 aliphatic heterocycles. The van der Waals surface area contributed by atoms with Crippen molar-refractivity contribution in [3.63, 3.8) is 0 Å². The second-order valence-electron chi connectivity index (χ2n) is 7.32. The van der Waals surface area contributed by atoms with Gasteiger partial charge >= 0.3 is 11.9 Å². The molecule has 33 heavy (non-hydrogen) atoms. The van der Waals surface area contributed by atoms with Gasteiger partial charge in [0.05, 0.1) is 6.04 Å². The topological polar surface area (TPSA) is 243 Å². The third-order valence-corrected chi connectivity index (χ3v) is 4.57. The molecule has 3 unspecified atom stereocenters. The fourth-order valence-electron chi connectivity index (χ4n) is 2.81. The fourth-order valence-corrected chi connectivity index (χ4v) is 2.81. The first-order valence-electron chi connectivity index (χ1n) is 10.1. The molecule has 0 fully saturated rings. The molecule has 0 radical (unpaired) electrons. The minimum atomic E-state index is -1.35. The van der Waals surface area contributed by atoms with Crippen molar-refractivity contribution >= 4 is 29.7 Å². The van der Waals surface area contributed by atoms with E-state index in [-0.39, 0.29) is 37.5 Å². The number of amides is 2. The maximum Gasteiger partial charge on any atom is 0.326 e. The summed E-state index contributed by atoms with van der Waals surface area (Å²) < 4.78 is 0. The average molecular weight is 466 g/mol. The van der Waals surface area contributed by atoms with Crippen LogP contribution in [-0.4, -0.2) is 69.7 Å². The number of hydrogen-bond donors (Lipinski definition) is 8. The molecule has 13 nitrogen and oxygen atoms in total. The number of nitrogens with zero attached hydrogens (tertiary/aromatic N) is 1. The lowest BCUT2D eigenvalue weighted by Gasteiger charge is -2.22. The van der Waals surface area contributed by atoms with Gasteiger partial charge in [0.15, 0.2) is 5.96 Å². The summed E-state index contributed by atoms with van der Waals surface area (Å²) in [4.78, 5) is 51.4. The number of aromatic hydroxyl groups is 1. The van der Waals surface area contributed by atoms with Crippen molar-refractivity contribution in [3.8, 4) is 5.75 Å². The van der Waals surface area contributed by atoms with Gasteiger partial charge in [0.1, 0.15) is 17.8 Å². The molecule has 11 N–H and O–H groups in total. The predicted octanol–water partition coefficient (Wildman–Crippen LogP) is -1.77. The first-order valence-corrected chi connectivity index (χ1v) is 10.1. The lowest BCUT2D eigenvalue weighted by molar-refractivity contribution is -0.143. The van der Waals surface area contributed by atoms with Crippen molar-refractivity contribution in [2.24, 2.45) is 22.2 Å². The molecule has 0 saturated heterocycles. The van der Waals surface area contributed by atoms with Crippen molar-refractivity contribution in [2.45, 2.75) is 50.2 Å². The predicted molar refractivity (Wildman–Crippen MR) is 118 cm³/mol. The third kappa shape index (κ3) is 10.8. The summed E-state index contributed by atoms with van der Waals surface area (Å²) in [6.07, 6.45) is -0.196. The van der Waals surface area contributed by atoms with Crippen LogP contribution in [0.15, 0.2) is 29.3 Å². The number of phenols is 1. The normalized spacial score (nSPS) is 13.2. The lowest BCUT2D eigenvalue weighted by Crippen LogP contribution is -2.55. The van der Waals surface area contributed by atoms with Gasteiger partial charge in [-0.15, -0.1) is 0 Å². The van der Waals surface area contributed by atoms with E-state index in [0.717, 1.165) is 0 Å². The van der Waals surface area contributed by atoms with Gasteiger partial charge in [-0.05, 0) is 37.0 Å². The van der Waals surface area contributed by atoms with E-state index in [4.69, 9.17) is 22.3 Å². The van der Waals surface area contributed by atoms with Gasteiger partial charge in [0, 0.05) is 19.4 Å². The van der Waals surface area contributed by atoms with E-state index < -0.39 is 48.3 Å². The van der Waals surface area contributed by atoms with E-state index in [1.54, 1.807) is 0 Å². The first kappa shape index (κ1) is 27.2. The van der Waals surface area contributed by atoms with Crippen LogP contribution in [0.2, 0.25) is 0 Å². The van der Waals surface area contributed by atoms with Gasteiger partial charge in [0.2, 0.25) is 11.8 Å². The Morgan fingerprint density at radius 2 is 1.55 bits per heavy atom. The van der Waals surface area contributed by atoms with Crippen LogP contribution in [0.25, 0.3) is 0 Å². The summed E-state index contributed by atoms with van der Waals surface area (Å²) in [5.41, 5.74) is 16.8. The van der Waals surface area contributed by atoms with Gasteiger partial charge in [0.25, 0.3) is 0 Å². The summed E-state index contributed by atoms with van der Waals surface area (Å²) in [5, 5.41) is 32.5. The van der Waals surface area contributed by atoms with Crippen molar-refractivity contribution < 1.29 is 34.5 Å². The minimum Gasteiger partial charge on any atom is -0.508 e. The molecule has 3 atom stereocenters. The number of rotatable bonds is 14. The molecule has 0 aliphatic carbocycles. The SMILES string of the molecule is NC(N)=NCCCC(N)C(=O)NC(CCC(=O)O)C(=O)NC(Cc1ccc(O)cc1)C(=O)O. The Labute approximate surface area is 190 Å². The lowest BCUT2D eigenvalue weighted by atomic mass is 10.0. The van der Waals surface area contributed by atoms with Crippen LogP contribution in [-0.2, 0) is 25.6 Å². The number of aliphatic carboxylic acids is 2. The molecule has 0 spiro atoms. The van der Waals surface area contributed by atoms with Gasteiger partial charge < -0.3 is 43.2 Å². The Balaban J connectivity index is 2.81. The Hall–Kier alpha value is -3.87. The average Bonchev–Trinajstić information content (AvgIpc) is 2.74. The van der Waals surface area contributed by atoms with Crippen LogP contribution < -0.4 is 27.8 Å². The fraction of sp³-hybridized carbons (Fsp3) is 0.450. The molecule has 0 bridgehead atoms. The van der Waals surface area contributed by atoms with Crippen molar-refractivity contribution in [3.05, 3.63) is 29.8 Å². The molecule has 1 rings (SSSR count). The van der Waals surface area contributed by atoms with Crippen LogP contribution >= 0.6 is 0 Å². The molecule has 0 heterocycles. The third-order valence-electron chi connectivity index (χ3n) is 4.57. The van der Waals surface area contributed by atoms with Crippen LogP contribution in [0, 0.1) is 0 Å². The summed E-state index contributed by atoms with van der Waals surface area (Å²) in [5.74, 6) is -4.17. The van der Waals surface area contributed by atoms with Gasteiger partial charge in [-0.3, -0.25) is 19.4 Å². The highest BCUT2D eigenvalue weighted by Crippen LogP contribution is 2.12. The maximum atomic E-state index is 12.7. The molecule has 1 aromatic carbocycles. The van der Waals surface area contributed by atoms with E-state index >= 15 is 0 Å². The summed E-state index contributed by atoms with van der Waals surface area (Å²) in [7, 11) is 0. The molecule has 13 heteroatoms. The highest BCUT2D eigenvalue weighted by molar-refractivity contribution is 5.92. The van der Waals surface area contributed by atoms with Gasteiger partial charge in [-0.2, -0.15) is 0 Å². The smallest absolute Gasteiger partial charge is 0.326 e. The van der Waals surface area contributed by atoms with E-state index in [9.17, 15) is 29.4 Å². The zero-order chi connectivity index (χ0) is 25.0. The maximum absolute atomic E-state index is 12.7. The van der Waals surface area contributed by atoms with Crippen LogP contribution in [0.4, 0.5) is 0 Å². The molecule has 0 aliphatic rings. The second kappa shape index (κ2) is 13.5. The number of aliphatic imine (C=N–C) groups is 1. The zero-order valence-corrected chi connectivity index (χ0v) is 17.9. The number of phenolic OH excluding ortho intramolecular Hbond substituents is 1. The molecular weight excluding hydrogens is 436 g/mol. The van der Waals surface area contributed by atoms with E-state index in [2.05, 4.69) is 15.6 Å². The second-order valence-corrected chi connectivity index (χ2v) is 7.32. The molecule has 0 aromatic heterocycles. The van der Waals surface area contributed by atoms with Crippen LogP contribution in [0.5, 0.6) is 5.75 Å². The number of carboxylic acid groups (broad SMARTS) is 2. The monoisotopic (exact) mass is 466 g/mol. The van der Waals surface area contributed by atoms with Crippen LogP contribution in [0.1, 0.15) is 31.2 Å². The first-order chi connectivity index (χ1) is 15.5. The Morgan fingerprint density at radius 3 is 2.09 bits per heavy atom. The Morgan fingerprint density at radius 1 is 0.939 bits per heavy atom. The summed E-state index contributed by atoms with van der Waals surface area (Å²) in [6.45, 7) is 0.254. The molecule has 0 saturated carbocycles. The quantitative estimate of drug-likeness (QED) is 0.0871. The largest absolute Gasteiger partial charge is 0.508 e. The zero-order valence-electron chi connectivity index (χ0n) is 17.9. The summed E-state index contributed by atoms with van der Waals surface area (Å²) in [6, 6.07) is 2.09. The minimum absolute atomic E-state index is 0.000690. The summed E-state index contributed by atoms with van der Waals surface area (Å²) >= 11 is 0. The van der Waals surface area contributed by atoms with E-state index in [1.165, 1.54) is 24.3 Å². The highest BCUT2D eigenvalue weighted by atomic mass is 16.4. The molecule has 2 amide bonds. The molecule has 182 valence electrons. The number of nitrogens with two attached hydrogens (primary N) is 3. The number of guanidine groups is 1. The number of nitrogens with one attached hydrogen (secondary N) is 2. The van der Waals surface area contributed by atoms with E-state index in [0.29, 0.717) is 12.0 Å². The van der Waals surface area contributed by atoms with Gasteiger partial charge in [-0.1, -0.05) is 12.1 Å². The van der Waals surface area contributed by atoms with E-state index in [1.807, 2.05) is 0 Å². The number of carbonyl (C=O) groups is 4. The Bertz CT molecular complexity index is 855. The number of carboxylic acids is 2. The highest BCUT2D eigenvalue weighted by Gasteiger charge is 2.28. The molecule has 1 aromatic rings. The van der Waals surface area contributed by atoms with Crippen molar-refractivity contribution in [2.75, 3.05) is 6.54 Å². The Kier molecular flexibility index (Phi) is 11.1. The van der Waals surface area contributed by atoms with Gasteiger partial charge in [-0.25, -0.2) is 4.79 Å². The number of carbonyl (C=O) groups excluding carboxylic acids is 2. The van der Waals surface area contributed by atoms with Crippen LogP contribution in [0.3, 0.4) is 0 Å². The number of benzene rings is 1. The van der Waals surface area contributed by atoms with Crippen molar-refractivity contribution in [1.82, 2.24) is 10.6 Å². The van der Waals surface area contributed by atoms with Crippen molar-refractivity contribution in [1.29, 1.82) is 0 Å². The number of hydrogen-bond acceptors (Lipinski definition) is 7. The standard InChI is InChI=1S/C20H30N6O7/c21-13(2-1-9-24-20(22)23)17(30)25-14(7-8-16(28)29)18(31)26-15(19(32)33)10-11-3-5-12(27)6-4-11/h3-6,13-15,27H,1-2,7-10,21H2,(H,25,30)(H,26,31)(H,28,29)(H,32,33)(H4,22,23,24). The molecular formula is C20H30N6O7.